The number of benzene rings is 1. The largest absolute Gasteiger partial charge is 0.465 e. The fourth-order valence-electron chi connectivity index (χ4n) is 5.37. The first-order chi connectivity index (χ1) is 19.4. The average molecular weight is 572 g/mol. The van der Waals surface area contributed by atoms with Gasteiger partial charge in [0.15, 0.2) is 0 Å². The van der Waals surface area contributed by atoms with Crippen LogP contribution in [0.3, 0.4) is 0 Å². The van der Waals surface area contributed by atoms with Crippen LogP contribution < -0.4 is 5.32 Å². The smallest absolute Gasteiger partial charge is 0.329 e. The number of likely N-dealkylation sites (tertiary alicyclic amines) is 1. The molecule has 2 aliphatic heterocycles. The molecular formula is C31H45N3O7. The van der Waals surface area contributed by atoms with Crippen molar-refractivity contribution in [3.63, 3.8) is 0 Å². The highest BCUT2D eigenvalue weighted by Crippen LogP contribution is 2.24. The van der Waals surface area contributed by atoms with Gasteiger partial charge in [-0.05, 0) is 72.4 Å². The quantitative estimate of drug-likeness (QED) is 0.203. The standard InChI is InChI=1S/C31H45N3O7/c1-6-40-29(38)24(32-21(2)26(35)33-20-14-18-25(33)30(39)41-31(3,4)5)17-10-8-7-9-13-19-34-27(36)22-15-11-12-16-23(22)28(34)37/h11-12,15-16,21,24-25,32H,6-10,13-14,17-20H2,1-5H3/t21-,24-,25-/m0/s1. The highest BCUT2D eigenvalue weighted by molar-refractivity contribution is 6.21. The van der Waals surface area contributed by atoms with Crippen LogP contribution in [0.2, 0.25) is 0 Å². The SMILES string of the molecule is CCOC(=O)[C@H](CCCCCCCN1C(=O)c2ccccc2C1=O)N[C@@H](C)C(=O)N1CCC[C@H]1C(=O)OC(C)(C)C. The molecule has 0 unspecified atom stereocenters. The molecule has 1 saturated heterocycles. The zero-order chi connectivity index (χ0) is 30.2. The van der Waals surface area contributed by atoms with Gasteiger partial charge in [0.1, 0.15) is 17.7 Å². The van der Waals surface area contributed by atoms with Crippen molar-refractivity contribution in [1.82, 2.24) is 15.1 Å². The van der Waals surface area contributed by atoms with Gasteiger partial charge in [-0.3, -0.25) is 29.4 Å². The fraction of sp³-hybridized carbons (Fsp3) is 0.645. The molecule has 0 bridgehead atoms. The number of rotatable bonds is 14. The summed E-state index contributed by atoms with van der Waals surface area (Å²) in [6.45, 7) is 9.95. The second kappa shape index (κ2) is 14.6. The summed E-state index contributed by atoms with van der Waals surface area (Å²) >= 11 is 0. The van der Waals surface area contributed by atoms with Gasteiger partial charge < -0.3 is 14.4 Å². The highest BCUT2D eigenvalue weighted by atomic mass is 16.6. The van der Waals surface area contributed by atoms with Crippen molar-refractivity contribution in [2.75, 3.05) is 19.7 Å². The third kappa shape index (κ3) is 8.61. The number of nitrogens with zero attached hydrogens (tertiary/aromatic N) is 2. The zero-order valence-corrected chi connectivity index (χ0v) is 25.1. The van der Waals surface area contributed by atoms with Crippen molar-refractivity contribution >= 4 is 29.7 Å². The maximum absolute atomic E-state index is 13.3. The van der Waals surface area contributed by atoms with Gasteiger partial charge in [0.05, 0.1) is 23.8 Å². The van der Waals surface area contributed by atoms with Crippen LogP contribution in [0, 0.1) is 0 Å². The second-order valence-electron chi connectivity index (χ2n) is 11.8. The van der Waals surface area contributed by atoms with Gasteiger partial charge in [-0.15, -0.1) is 0 Å². The molecule has 2 aliphatic rings. The molecule has 1 aromatic carbocycles. The summed E-state index contributed by atoms with van der Waals surface area (Å²) in [6.07, 6.45) is 5.83. The lowest BCUT2D eigenvalue weighted by Crippen LogP contribution is -2.53. The molecule has 2 heterocycles. The molecule has 0 radical (unpaired) electrons. The third-order valence-corrected chi connectivity index (χ3v) is 7.36. The molecule has 10 nitrogen and oxygen atoms in total. The summed E-state index contributed by atoms with van der Waals surface area (Å²) in [7, 11) is 0. The van der Waals surface area contributed by atoms with Crippen molar-refractivity contribution in [1.29, 1.82) is 0 Å². The molecule has 41 heavy (non-hydrogen) atoms. The zero-order valence-electron chi connectivity index (χ0n) is 25.1. The fourth-order valence-corrected chi connectivity index (χ4v) is 5.37. The van der Waals surface area contributed by atoms with Gasteiger partial charge in [0, 0.05) is 13.1 Å². The molecular weight excluding hydrogens is 526 g/mol. The van der Waals surface area contributed by atoms with Gasteiger partial charge in [0.25, 0.3) is 11.8 Å². The van der Waals surface area contributed by atoms with E-state index in [-0.39, 0.29) is 24.3 Å². The Morgan fingerprint density at radius 1 is 1.00 bits per heavy atom. The lowest BCUT2D eigenvalue weighted by molar-refractivity contribution is -0.163. The predicted molar refractivity (Wildman–Crippen MR) is 153 cm³/mol. The van der Waals surface area contributed by atoms with Crippen molar-refractivity contribution in [3.05, 3.63) is 35.4 Å². The molecule has 1 aromatic rings. The van der Waals surface area contributed by atoms with Crippen molar-refractivity contribution < 1.29 is 33.4 Å². The number of unbranched alkanes of at least 4 members (excludes halogenated alkanes) is 4. The predicted octanol–water partition coefficient (Wildman–Crippen LogP) is 3.87. The van der Waals surface area contributed by atoms with E-state index in [1.807, 2.05) is 0 Å². The Balaban J connectivity index is 1.43. The summed E-state index contributed by atoms with van der Waals surface area (Å²) in [5, 5.41) is 3.14. The normalized spacial score (nSPS) is 18.3. The van der Waals surface area contributed by atoms with Crippen LogP contribution in [0.4, 0.5) is 0 Å². The Morgan fingerprint density at radius 3 is 2.22 bits per heavy atom. The molecule has 3 atom stereocenters. The molecule has 226 valence electrons. The van der Waals surface area contributed by atoms with Crippen molar-refractivity contribution in [2.24, 2.45) is 0 Å². The molecule has 0 aromatic heterocycles. The maximum Gasteiger partial charge on any atom is 0.329 e. The number of carbonyl (C=O) groups is 5. The average Bonchev–Trinajstić information content (AvgIpc) is 3.50. The number of carbonyl (C=O) groups excluding carboxylic acids is 5. The van der Waals surface area contributed by atoms with Crippen LogP contribution in [0.15, 0.2) is 24.3 Å². The minimum Gasteiger partial charge on any atom is -0.465 e. The van der Waals surface area contributed by atoms with E-state index < -0.39 is 35.7 Å². The van der Waals surface area contributed by atoms with E-state index in [0.29, 0.717) is 43.5 Å². The third-order valence-electron chi connectivity index (χ3n) is 7.36. The van der Waals surface area contributed by atoms with Crippen molar-refractivity contribution in [3.8, 4) is 0 Å². The van der Waals surface area contributed by atoms with E-state index in [1.54, 1.807) is 63.8 Å². The number of esters is 2. The minimum absolute atomic E-state index is 0.232. The number of hydrogen-bond donors (Lipinski definition) is 1. The summed E-state index contributed by atoms with van der Waals surface area (Å²) in [5.41, 5.74) is 0.294. The number of ether oxygens (including phenoxy) is 2. The summed E-state index contributed by atoms with van der Waals surface area (Å²) in [4.78, 5) is 66.5. The van der Waals surface area contributed by atoms with E-state index in [2.05, 4.69) is 5.32 Å². The first kappa shape index (κ1) is 32.2. The molecule has 10 heteroatoms. The van der Waals surface area contributed by atoms with Gasteiger partial charge in [-0.2, -0.15) is 0 Å². The van der Waals surface area contributed by atoms with E-state index in [0.717, 1.165) is 32.1 Å². The number of amides is 3. The Labute approximate surface area is 243 Å². The monoisotopic (exact) mass is 571 g/mol. The van der Waals surface area contributed by atoms with Gasteiger partial charge in [-0.1, -0.05) is 37.8 Å². The van der Waals surface area contributed by atoms with Crippen LogP contribution >= 0.6 is 0 Å². The van der Waals surface area contributed by atoms with Gasteiger partial charge in [-0.25, -0.2) is 4.79 Å². The first-order valence-electron chi connectivity index (χ1n) is 14.9. The van der Waals surface area contributed by atoms with E-state index in [1.165, 1.54) is 4.90 Å². The Hall–Kier alpha value is -3.27. The molecule has 3 amide bonds. The molecule has 1 fully saturated rings. The van der Waals surface area contributed by atoms with Crippen molar-refractivity contribution in [2.45, 2.75) is 110 Å². The topological polar surface area (TPSA) is 122 Å². The van der Waals surface area contributed by atoms with Crippen LogP contribution in [0.1, 0.15) is 107 Å². The number of fused-ring (bicyclic) bond motifs is 1. The lowest BCUT2D eigenvalue weighted by atomic mass is 10.0. The Bertz CT molecular complexity index is 1080. The van der Waals surface area contributed by atoms with Crippen LogP contribution in [-0.2, 0) is 23.9 Å². The maximum atomic E-state index is 13.3. The molecule has 0 aliphatic carbocycles. The summed E-state index contributed by atoms with van der Waals surface area (Å²) in [6, 6.07) is 4.95. The second-order valence-corrected chi connectivity index (χ2v) is 11.8. The summed E-state index contributed by atoms with van der Waals surface area (Å²) in [5.74, 6) is -1.50. The minimum atomic E-state index is -0.674. The van der Waals surface area contributed by atoms with Crippen LogP contribution in [0.5, 0.6) is 0 Å². The molecule has 3 rings (SSSR count). The van der Waals surface area contributed by atoms with Gasteiger partial charge >= 0.3 is 11.9 Å². The number of nitrogens with one attached hydrogen (secondary N) is 1. The first-order valence-corrected chi connectivity index (χ1v) is 14.9. The van der Waals surface area contributed by atoms with Crippen LogP contribution in [-0.4, -0.2) is 82.9 Å². The van der Waals surface area contributed by atoms with E-state index in [4.69, 9.17) is 9.47 Å². The molecule has 1 N–H and O–H groups in total. The Morgan fingerprint density at radius 2 is 1.61 bits per heavy atom. The number of hydrogen-bond acceptors (Lipinski definition) is 8. The van der Waals surface area contributed by atoms with E-state index >= 15 is 0 Å². The Kier molecular flexibility index (Phi) is 11.5. The van der Waals surface area contributed by atoms with Crippen LogP contribution in [0.25, 0.3) is 0 Å². The summed E-state index contributed by atoms with van der Waals surface area (Å²) < 4.78 is 10.8. The number of imide groups is 1. The van der Waals surface area contributed by atoms with E-state index in [9.17, 15) is 24.0 Å². The molecule has 0 saturated carbocycles. The molecule has 0 spiro atoms. The lowest BCUT2D eigenvalue weighted by Gasteiger charge is -2.30. The highest BCUT2D eigenvalue weighted by Gasteiger charge is 2.39. The van der Waals surface area contributed by atoms with Gasteiger partial charge in [0.2, 0.25) is 5.91 Å².